The molecule has 1 aromatic heterocycles. The summed E-state index contributed by atoms with van der Waals surface area (Å²) in [6.45, 7) is 0. The third-order valence-electron chi connectivity index (χ3n) is 6.39. The van der Waals surface area contributed by atoms with E-state index in [9.17, 15) is 4.79 Å². The smallest absolute Gasteiger partial charge is 0.235 e. The molecule has 2 atom stereocenters. The van der Waals surface area contributed by atoms with Gasteiger partial charge in [0.05, 0.1) is 12.1 Å². The van der Waals surface area contributed by atoms with E-state index in [1.165, 1.54) is 0 Å². The van der Waals surface area contributed by atoms with E-state index >= 15 is 0 Å². The molecule has 1 amide bonds. The Kier molecular flexibility index (Phi) is 5.22. The highest BCUT2D eigenvalue weighted by molar-refractivity contribution is 5.88. The molecule has 0 radical (unpaired) electrons. The Morgan fingerprint density at radius 3 is 2.00 bits per heavy atom. The van der Waals surface area contributed by atoms with Crippen molar-refractivity contribution in [1.29, 1.82) is 0 Å². The van der Waals surface area contributed by atoms with Gasteiger partial charge in [0, 0.05) is 31.1 Å². The summed E-state index contributed by atoms with van der Waals surface area (Å²) in [5, 5.41) is 0. The number of nitrogens with zero attached hydrogens (tertiary/aromatic N) is 2. The number of carbonyl (C=O) groups is 1. The zero-order valence-electron chi connectivity index (χ0n) is 16.9. The number of hydrogen-bond donors (Lipinski definition) is 0. The van der Waals surface area contributed by atoms with Crippen LogP contribution < -0.4 is 4.74 Å². The summed E-state index contributed by atoms with van der Waals surface area (Å²) in [6, 6.07) is 24.7. The number of rotatable bonds is 5. The van der Waals surface area contributed by atoms with Crippen LogP contribution in [0.1, 0.15) is 42.7 Å². The molecule has 3 aromatic rings. The predicted octanol–water partition coefficient (Wildman–Crippen LogP) is 4.81. The largest absolute Gasteiger partial charge is 0.489 e. The lowest BCUT2D eigenvalue weighted by Crippen LogP contribution is -2.50. The Labute approximate surface area is 177 Å². The second-order valence-corrected chi connectivity index (χ2v) is 8.28. The van der Waals surface area contributed by atoms with Gasteiger partial charge in [-0.05, 0) is 36.1 Å². The Balaban J connectivity index is 1.39. The average molecular weight is 399 g/mol. The number of pyridine rings is 1. The van der Waals surface area contributed by atoms with Crippen LogP contribution in [0.25, 0.3) is 0 Å². The maximum absolute atomic E-state index is 13.9. The quantitative estimate of drug-likeness (QED) is 0.619. The molecule has 30 heavy (non-hydrogen) atoms. The molecule has 2 aliphatic heterocycles. The molecular weight excluding hydrogens is 372 g/mol. The minimum Gasteiger partial charge on any atom is -0.489 e. The van der Waals surface area contributed by atoms with Crippen LogP contribution in [0.2, 0.25) is 0 Å². The van der Waals surface area contributed by atoms with E-state index in [4.69, 9.17) is 4.74 Å². The summed E-state index contributed by atoms with van der Waals surface area (Å²) in [7, 11) is 0. The van der Waals surface area contributed by atoms with E-state index < -0.39 is 0 Å². The summed E-state index contributed by atoms with van der Waals surface area (Å²) >= 11 is 0. The average Bonchev–Trinajstić information content (AvgIpc) is 3.06. The van der Waals surface area contributed by atoms with Crippen molar-refractivity contribution in [3.05, 3.63) is 96.3 Å². The minimum atomic E-state index is -0.258. The lowest BCUT2D eigenvalue weighted by atomic mass is 9.88. The van der Waals surface area contributed by atoms with Gasteiger partial charge in [-0.3, -0.25) is 9.78 Å². The van der Waals surface area contributed by atoms with Gasteiger partial charge in [-0.1, -0.05) is 60.7 Å². The van der Waals surface area contributed by atoms with Crippen molar-refractivity contribution in [2.75, 3.05) is 0 Å². The first-order chi connectivity index (χ1) is 14.8. The molecule has 152 valence electrons. The number of aromatic nitrogens is 1. The Bertz CT molecular complexity index is 924. The van der Waals surface area contributed by atoms with Crippen LogP contribution in [0.4, 0.5) is 0 Å². The predicted molar refractivity (Wildman–Crippen MR) is 116 cm³/mol. The monoisotopic (exact) mass is 398 g/mol. The molecule has 4 heteroatoms. The fourth-order valence-corrected chi connectivity index (χ4v) is 5.11. The van der Waals surface area contributed by atoms with Crippen LogP contribution in [0.15, 0.2) is 85.2 Å². The molecule has 0 N–H and O–H groups in total. The first kappa shape index (κ1) is 18.9. The van der Waals surface area contributed by atoms with Crippen molar-refractivity contribution in [1.82, 2.24) is 9.88 Å². The standard InChI is InChI=1S/C26H26N2O2/c29-26(25(19-8-3-1-4-9-19)20-10-5-2-6-11-20)28-21-13-14-22(28)17-24(16-21)30-23-12-7-15-27-18-23/h1-12,15,18,21-22,24-25H,13-14,16-17H2. The lowest BCUT2D eigenvalue weighted by molar-refractivity contribution is -0.137. The van der Waals surface area contributed by atoms with Gasteiger partial charge in [-0.25, -0.2) is 0 Å². The molecule has 2 saturated heterocycles. The van der Waals surface area contributed by atoms with Crippen LogP contribution in [-0.4, -0.2) is 34.0 Å². The van der Waals surface area contributed by atoms with Crippen molar-refractivity contribution in [3.8, 4) is 5.75 Å². The van der Waals surface area contributed by atoms with Gasteiger partial charge in [-0.2, -0.15) is 0 Å². The lowest BCUT2D eigenvalue weighted by Gasteiger charge is -2.40. The fraction of sp³-hybridized carbons (Fsp3) is 0.308. The van der Waals surface area contributed by atoms with E-state index in [1.54, 1.807) is 12.4 Å². The number of hydrogen-bond acceptors (Lipinski definition) is 3. The Morgan fingerprint density at radius 1 is 0.867 bits per heavy atom. The van der Waals surface area contributed by atoms with Crippen molar-refractivity contribution >= 4 is 5.91 Å². The number of ether oxygens (including phenoxy) is 1. The zero-order chi connectivity index (χ0) is 20.3. The highest BCUT2D eigenvalue weighted by Crippen LogP contribution is 2.40. The maximum atomic E-state index is 13.9. The molecule has 2 aromatic carbocycles. The Hall–Kier alpha value is -3.14. The second-order valence-electron chi connectivity index (χ2n) is 8.28. The number of amides is 1. The summed E-state index contributed by atoms with van der Waals surface area (Å²) < 4.78 is 6.19. The van der Waals surface area contributed by atoms with Crippen LogP contribution in [0, 0.1) is 0 Å². The van der Waals surface area contributed by atoms with Gasteiger partial charge in [0.25, 0.3) is 0 Å². The van der Waals surface area contributed by atoms with Gasteiger partial charge in [0.2, 0.25) is 5.91 Å². The molecular formula is C26H26N2O2. The van der Waals surface area contributed by atoms with Crippen molar-refractivity contribution in [2.24, 2.45) is 0 Å². The number of carbonyl (C=O) groups excluding carboxylic acids is 1. The molecule has 0 aliphatic carbocycles. The fourth-order valence-electron chi connectivity index (χ4n) is 5.11. The van der Waals surface area contributed by atoms with Crippen molar-refractivity contribution in [2.45, 2.75) is 49.8 Å². The molecule has 3 heterocycles. The maximum Gasteiger partial charge on any atom is 0.235 e. The number of piperidine rings is 1. The van der Waals surface area contributed by atoms with E-state index in [-0.39, 0.29) is 30.0 Å². The highest BCUT2D eigenvalue weighted by Gasteiger charge is 2.46. The van der Waals surface area contributed by atoms with E-state index in [0.717, 1.165) is 42.6 Å². The Morgan fingerprint density at radius 2 is 1.47 bits per heavy atom. The van der Waals surface area contributed by atoms with Crippen LogP contribution in [0.5, 0.6) is 5.75 Å². The van der Waals surface area contributed by atoms with Crippen molar-refractivity contribution in [3.63, 3.8) is 0 Å². The summed E-state index contributed by atoms with van der Waals surface area (Å²) in [5.41, 5.74) is 2.11. The number of fused-ring (bicyclic) bond motifs is 2. The van der Waals surface area contributed by atoms with Gasteiger partial charge in [0.1, 0.15) is 11.9 Å². The van der Waals surface area contributed by atoms with E-state index in [2.05, 4.69) is 34.1 Å². The minimum absolute atomic E-state index is 0.141. The molecule has 2 aliphatic rings. The summed E-state index contributed by atoms with van der Waals surface area (Å²) in [4.78, 5) is 20.2. The molecule has 2 fully saturated rings. The molecule has 2 unspecified atom stereocenters. The number of benzene rings is 2. The van der Waals surface area contributed by atoms with Gasteiger partial charge in [-0.15, -0.1) is 0 Å². The molecule has 0 saturated carbocycles. The SMILES string of the molecule is O=C(C(c1ccccc1)c1ccccc1)N1C2CCC1CC(Oc1cccnc1)C2. The molecule has 2 bridgehead atoms. The normalized spacial score (nSPS) is 22.8. The first-order valence-corrected chi connectivity index (χ1v) is 10.8. The van der Waals surface area contributed by atoms with Gasteiger partial charge >= 0.3 is 0 Å². The summed E-state index contributed by atoms with van der Waals surface area (Å²) in [5.74, 6) is 0.777. The van der Waals surface area contributed by atoms with E-state index in [1.807, 2.05) is 48.5 Å². The highest BCUT2D eigenvalue weighted by atomic mass is 16.5. The summed E-state index contributed by atoms with van der Waals surface area (Å²) in [6.07, 6.45) is 7.54. The molecule has 0 spiro atoms. The first-order valence-electron chi connectivity index (χ1n) is 10.8. The molecule has 4 nitrogen and oxygen atoms in total. The van der Waals surface area contributed by atoms with Crippen LogP contribution in [-0.2, 0) is 4.79 Å². The topological polar surface area (TPSA) is 42.4 Å². The third kappa shape index (κ3) is 3.70. The van der Waals surface area contributed by atoms with E-state index in [0.29, 0.717) is 0 Å². The van der Waals surface area contributed by atoms with Crippen molar-refractivity contribution < 1.29 is 9.53 Å². The van der Waals surface area contributed by atoms with Crippen LogP contribution >= 0.6 is 0 Å². The second kappa shape index (κ2) is 8.31. The van der Waals surface area contributed by atoms with Gasteiger partial charge < -0.3 is 9.64 Å². The third-order valence-corrected chi connectivity index (χ3v) is 6.39. The zero-order valence-corrected chi connectivity index (χ0v) is 16.9. The molecule has 5 rings (SSSR count). The van der Waals surface area contributed by atoms with Crippen LogP contribution in [0.3, 0.4) is 0 Å². The van der Waals surface area contributed by atoms with Gasteiger partial charge in [0.15, 0.2) is 0 Å².